The Bertz CT molecular complexity index is 999. The van der Waals surface area contributed by atoms with Gasteiger partial charge in [-0.05, 0) is 54.1 Å². The average Bonchev–Trinajstić information content (AvgIpc) is 3.07. The summed E-state index contributed by atoms with van der Waals surface area (Å²) < 4.78 is 10.5. The van der Waals surface area contributed by atoms with Crippen molar-refractivity contribution >= 4 is 39.8 Å². The summed E-state index contributed by atoms with van der Waals surface area (Å²) in [5.41, 5.74) is 2.00. The number of nitrogens with zero attached hydrogens (tertiary/aromatic N) is 2. The number of carbonyl (C=O) groups excluding carboxylic acids is 1. The number of thioether (sulfide) groups is 1. The highest BCUT2D eigenvalue weighted by Gasteiger charge is 2.27. The highest BCUT2D eigenvalue weighted by Crippen LogP contribution is 2.36. The molecule has 144 valence electrons. The van der Waals surface area contributed by atoms with Gasteiger partial charge in [0.15, 0.2) is 5.17 Å². The average molecular weight is 399 g/mol. The third-order valence-electron chi connectivity index (χ3n) is 4.09. The molecule has 2 aromatic carbocycles. The number of aliphatic imine (C=N–C) groups is 1. The van der Waals surface area contributed by atoms with Gasteiger partial charge in [-0.2, -0.15) is 0 Å². The number of hydrogen-bond acceptors (Lipinski definition) is 7. The smallest absolute Gasteiger partial charge is 0.269 e. The van der Waals surface area contributed by atoms with E-state index in [2.05, 4.69) is 10.3 Å². The Morgan fingerprint density at radius 3 is 2.46 bits per heavy atom. The lowest BCUT2D eigenvalue weighted by molar-refractivity contribution is -0.384. The van der Waals surface area contributed by atoms with Crippen LogP contribution in [-0.2, 0) is 4.79 Å². The quantitative estimate of drug-likeness (QED) is 0.465. The zero-order valence-electron chi connectivity index (χ0n) is 15.4. The molecule has 1 N–H and O–H groups in total. The fourth-order valence-electron chi connectivity index (χ4n) is 2.57. The van der Waals surface area contributed by atoms with Crippen molar-refractivity contribution in [1.29, 1.82) is 0 Å². The third kappa shape index (κ3) is 3.99. The minimum absolute atomic E-state index is 0.000992. The van der Waals surface area contributed by atoms with E-state index in [-0.39, 0.29) is 11.6 Å². The van der Waals surface area contributed by atoms with Crippen LogP contribution in [0.1, 0.15) is 12.5 Å². The van der Waals surface area contributed by atoms with Crippen molar-refractivity contribution in [3.63, 3.8) is 0 Å². The lowest BCUT2D eigenvalue weighted by atomic mass is 10.1. The molecule has 1 saturated heterocycles. The molecule has 0 radical (unpaired) electrons. The molecule has 1 fully saturated rings. The van der Waals surface area contributed by atoms with Crippen LogP contribution in [0.5, 0.6) is 11.5 Å². The lowest BCUT2D eigenvalue weighted by Gasteiger charge is -2.07. The Labute approximate surface area is 165 Å². The van der Waals surface area contributed by atoms with E-state index in [0.717, 1.165) is 5.56 Å². The molecular formula is C19H17N3O5S. The first-order valence-electron chi connectivity index (χ1n) is 8.18. The van der Waals surface area contributed by atoms with Crippen molar-refractivity contribution in [2.75, 3.05) is 14.2 Å². The summed E-state index contributed by atoms with van der Waals surface area (Å²) >= 11 is 1.20. The van der Waals surface area contributed by atoms with Gasteiger partial charge in [0.25, 0.3) is 11.6 Å². The zero-order chi connectivity index (χ0) is 20.3. The minimum atomic E-state index is -0.462. The van der Waals surface area contributed by atoms with E-state index in [1.807, 2.05) is 0 Å². The molecule has 0 atom stereocenters. The van der Waals surface area contributed by atoms with Crippen LogP contribution in [0.15, 0.2) is 52.4 Å². The van der Waals surface area contributed by atoms with Crippen LogP contribution in [0.25, 0.3) is 5.57 Å². The van der Waals surface area contributed by atoms with Gasteiger partial charge in [-0.1, -0.05) is 0 Å². The second kappa shape index (κ2) is 8.13. The molecule has 0 unspecified atom stereocenters. The number of hydrogen-bond donors (Lipinski definition) is 1. The zero-order valence-corrected chi connectivity index (χ0v) is 16.2. The highest BCUT2D eigenvalue weighted by molar-refractivity contribution is 8.18. The Morgan fingerprint density at radius 1 is 1.14 bits per heavy atom. The van der Waals surface area contributed by atoms with Crippen molar-refractivity contribution in [2.24, 2.45) is 4.99 Å². The van der Waals surface area contributed by atoms with Crippen LogP contribution in [-0.4, -0.2) is 30.2 Å². The van der Waals surface area contributed by atoms with Crippen LogP contribution in [0, 0.1) is 10.1 Å². The van der Waals surface area contributed by atoms with E-state index in [4.69, 9.17) is 9.47 Å². The van der Waals surface area contributed by atoms with E-state index in [9.17, 15) is 14.9 Å². The minimum Gasteiger partial charge on any atom is -0.497 e. The Hall–Kier alpha value is -3.33. The number of allylic oxidation sites excluding steroid dienone is 1. The molecule has 1 aliphatic rings. The van der Waals surface area contributed by atoms with Gasteiger partial charge in [0, 0.05) is 18.2 Å². The van der Waals surface area contributed by atoms with E-state index in [1.54, 1.807) is 44.4 Å². The van der Waals surface area contributed by atoms with Crippen molar-refractivity contribution in [3.8, 4) is 11.5 Å². The van der Waals surface area contributed by atoms with Gasteiger partial charge in [0.05, 0.1) is 24.0 Å². The van der Waals surface area contributed by atoms with E-state index < -0.39 is 4.92 Å². The van der Waals surface area contributed by atoms with Crippen molar-refractivity contribution in [2.45, 2.75) is 6.92 Å². The SMILES string of the molecule is COc1ccc(N=C2NC(=O)/C(=C(\C)c3ccc([N+](=O)[O-])cc3)S2)c(OC)c1. The van der Waals surface area contributed by atoms with Gasteiger partial charge in [-0.3, -0.25) is 14.9 Å². The normalized spacial score (nSPS) is 16.7. The van der Waals surface area contributed by atoms with Gasteiger partial charge in [0.1, 0.15) is 17.2 Å². The summed E-state index contributed by atoms with van der Waals surface area (Å²) in [6, 6.07) is 11.3. The van der Waals surface area contributed by atoms with Gasteiger partial charge in [-0.15, -0.1) is 0 Å². The molecule has 0 spiro atoms. The summed E-state index contributed by atoms with van der Waals surface area (Å²) in [5, 5.41) is 13.9. The Kier molecular flexibility index (Phi) is 5.65. The lowest BCUT2D eigenvalue weighted by Crippen LogP contribution is -2.19. The number of rotatable bonds is 5. The number of benzene rings is 2. The summed E-state index contributed by atoms with van der Waals surface area (Å²) in [6.07, 6.45) is 0. The number of methoxy groups -OCH3 is 2. The van der Waals surface area contributed by atoms with Crippen molar-refractivity contribution in [1.82, 2.24) is 5.32 Å². The van der Waals surface area contributed by atoms with Crippen LogP contribution in [0.3, 0.4) is 0 Å². The number of non-ortho nitro benzene ring substituents is 1. The molecule has 0 aliphatic carbocycles. The van der Waals surface area contributed by atoms with Crippen LogP contribution < -0.4 is 14.8 Å². The molecule has 1 aliphatic heterocycles. The van der Waals surface area contributed by atoms with Crippen molar-refractivity contribution in [3.05, 3.63) is 63.0 Å². The van der Waals surface area contributed by atoms with Gasteiger partial charge in [0.2, 0.25) is 0 Å². The second-order valence-electron chi connectivity index (χ2n) is 5.77. The fraction of sp³-hybridized carbons (Fsp3) is 0.158. The molecule has 3 rings (SSSR count). The molecule has 9 heteroatoms. The molecule has 1 amide bonds. The second-order valence-corrected chi connectivity index (χ2v) is 6.77. The molecule has 0 bridgehead atoms. The van der Waals surface area contributed by atoms with E-state index in [0.29, 0.717) is 32.8 Å². The topological polar surface area (TPSA) is 103 Å². The molecule has 0 aromatic heterocycles. The fourth-order valence-corrected chi connectivity index (χ4v) is 3.47. The number of amides is 1. The van der Waals surface area contributed by atoms with Crippen LogP contribution in [0.2, 0.25) is 0 Å². The Balaban J connectivity index is 1.89. The summed E-state index contributed by atoms with van der Waals surface area (Å²) in [7, 11) is 3.09. The van der Waals surface area contributed by atoms with Gasteiger partial charge in [-0.25, -0.2) is 4.99 Å². The standard InChI is InChI=1S/C19H17N3O5S/c1-11(12-4-6-13(7-5-12)22(24)25)17-18(23)21-19(28-17)20-15-9-8-14(26-2)10-16(15)27-3/h4-10H,1-3H3,(H,20,21,23)/b17-11-. The number of carbonyl (C=O) groups is 1. The number of ether oxygens (including phenoxy) is 2. The summed E-state index contributed by atoms with van der Waals surface area (Å²) in [4.78, 5) is 27.7. The van der Waals surface area contributed by atoms with Crippen molar-refractivity contribution < 1.29 is 19.2 Å². The molecule has 8 nitrogen and oxygen atoms in total. The van der Waals surface area contributed by atoms with Crippen LogP contribution in [0.4, 0.5) is 11.4 Å². The number of amidine groups is 1. The Morgan fingerprint density at radius 2 is 1.86 bits per heavy atom. The number of nitro benzene ring substituents is 1. The molecule has 0 saturated carbocycles. The summed E-state index contributed by atoms with van der Waals surface area (Å²) in [6.45, 7) is 1.79. The molecule has 28 heavy (non-hydrogen) atoms. The number of nitro groups is 1. The first kappa shape index (κ1) is 19.4. The predicted octanol–water partition coefficient (Wildman–Crippen LogP) is 3.89. The molecule has 2 aromatic rings. The highest BCUT2D eigenvalue weighted by atomic mass is 32.2. The maximum absolute atomic E-state index is 12.4. The predicted molar refractivity (Wildman–Crippen MR) is 108 cm³/mol. The third-order valence-corrected chi connectivity index (χ3v) is 5.17. The van der Waals surface area contributed by atoms with Crippen LogP contribution >= 0.6 is 11.8 Å². The molecular weight excluding hydrogens is 382 g/mol. The maximum Gasteiger partial charge on any atom is 0.269 e. The maximum atomic E-state index is 12.4. The summed E-state index contributed by atoms with van der Waals surface area (Å²) in [5.74, 6) is 0.886. The van der Waals surface area contributed by atoms with E-state index >= 15 is 0 Å². The first-order chi connectivity index (χ1) is 13.4. The van der Waals surface area contributed by atoms with Gasteiger partial charge < -0.3 is 14.8 Å². The largest absolute Gasteiger partial charge is 0.497 e. The number of nitrogens with one attached hydrogen (secondary N) is 1. The van der Waals surface area contributed by atoms with E-state index in [1.165, 1.54) is 31.0 Å². The first-order valence-corrected chi connectivity index (χ1v) is 9.00. The monoisotopic (exact) mass is 399 g/mol. The molecule has 1 heterocycles. The van der Waals surface area contributed by atoms with Gasteiger partial charge >= 0.3 is 0 Å².